The molecule has 0 aliphatic carbocycles. The van der Waals surface area contributed by atoms with Crippen molar-refractivity contribution in [3.8, 4) is 0 Å². The summed E-state index contributed by atoms with van der Waals surface area (Å²) >= 11 is 0. The van der Waals surface area contributed by atoms with Crippen LogP contribution >= 0.6 is 0 Å². The Balaban J connectivity index is 1.97. The molecule has 16 heavy (non-hydrogen) atoms. The maximum absolute atomic E-state index is 11.7. The number of hydrogen-bond acceptors (Lipinski definition) is 3. The van der Waals surface area contributed by atoms with E-state index in [-0.39, 0.29) is 17.9 Å². The Morgan fingerprint density at radius 1 is 1.50 bits per heavy atom. The topological polar surface area (TPSA) is 62.3 Å². The number of likely N-dealkylation sites (tertiary alicyclic amines) is 1. The third kappa shape index (κ3) is 2.18. The van der Waals surface area contributed by atoms with E-state index in [0.29, 0.717) is 18.5 Å². The fourth-order valence-electron chi connectivity index (χ4n) is 1.73. The quantitative estimate of drug-likeness (QED) is 0.764. The van der Waals surface area contributed by atoms with E-state index in [0.717, 1.165) is 0 Å². The van der Waals surface area contributed by atoms with Crippen molar-refractivity contribution in [1.82, 2.24) is 15.2 Å². The van der Waals surface area contributed by atoms with Crippen molar-refractivity contribution in [3.63, 3.8) is 0 Å². The Hall–Kier alpha value is -1.91. The van der Waals surface area contributed by atoms with Crippen LogP contribution in [0, 0.1) is 0 Å². The van der Waals surface area contributed by atoms with Crippen molar-refractivity contribution >= 4 is 11.8 Å². The van der Waals surface area contributed by atoms with Gasteiger partial charge in [-0.05, 0) is 12.1 Å². The number of pyridine rings is 1. The maximum atomic E-state index is 11.7. The Bertz CT molecular complexity index is 405. The normalized spacial score (nSPS) is 19.9. The minimum absolute atomic E-state index is 0.0695. The van der Waals surface area contributed by atoms with E-state index in [4.69, 9.17) is 0 Å². The maximum Gasteiger partial charge on any atom is 0.251 e. The standard InChI is InChI=1S/C11H13N3O2/c1-14-7-9(6-10(14)15)13-11(16)8-2-4-12-5-3-8/h2-5,9H,6-7H2,1H3,(H,13,16). The summed E-state index contributed by atoms with van der Waals surface area (Å²) in [6.45, 7) is 0.579. The van der Waals surface area contributed by atoms with Crippen LogP contribution in [-0.4, -0.2) is 41.3 Å². The van der Waals surface area contributed by atoms with Gasteiger partial charge in [0.1, 0.15) is 0 Å². The molecule has 2 heterocycles. The predicted molar refractivity (Wildman–Crippen MR) is 57.7 cm³/mol. The molecular formula is C11H13N3O2. The van der Waals surface area contributed by atoms with Gasteiger partial charge in [-0.15, -0.1) is 0 Å². The van der Waals surface area contributed by atoms with Gasteiger partial charge in [-0.3, -0.25) is 14.6 Å². The van der Waals surface area contributed by atoms with Crippen LogP contribution in [0.3, 0.4) is 0 Å². The number of aromatic nitrogens is 1. The van der Waals surface area contributed by atoms with Crippen LogP contribution < -0.4 is 5.32 Å². The number of likely N-dealkylation sites (N-methyl/N-ethyl adjacent to an activating group) is 1. The molecule has 1 saturated heterocycles. The van der Waals surface area contributed by atoms with Crippen LogP contribution in [0.15, 0.2) is 24.5 Å². The number of amides is 2. The molecule has 1 fully saturated rings. The number of carbonyl (C=O) groups excluding carboxylic acids is 2. The summed E-state index contributed by atoms with van der Waals surface area (Å²) in [6.07, 6.45) is 3.52. The average molecular weight is 219 g/mol. The first-order valence-corrected chi connectivity index (χ1v) is 5.11. The third-order valence-electron chi connectivity index (χ3n) is 2.62. The largest absolute Gasteiger partial charge is 0.347 e. The van der Waals surface area contributed by atoms with Gasteiger partial charge in [0.15, 0.2) is 0 Å². The molecule has 1 aromatic heterocycles. The molecule has 0 spiro atoms. The van der Waals surface area contributed by atoms with E-state index in [1.165, 1.54) is 0 Å². The zero-order valence-electron chi connectivity index (χ0n) is 9.01. The molecular weight excluding hydrogens is 206 g/mol. The molecule has 5 heteroatoms. The number of nitrogens with zero attached hydrogens (tertiary/aromatic N) is 2. The van der Waals surface area contributed by atoms with Crippen LogP contribution in [0.5, 0.6) is 0 Å². The first-order chi connectivity index (χ1) is 7.66. The van der Waals surface area contributed by atoms with Gasteiger partial charge in [-0.2, -0.15) is 0 Å². The lowest BCUT2D eigenvalue weighted by atomic mass is 10.2. The second-order valence-electron chi connectivity index (χ2n) is 3.88. The zero-order chi connectivity index (χ0) is 11.5. The minimum Gasteiger partial charge on any atom is -0.347 e. The van der Waals surface area contributed by atoms with Crippen molar-refractivity contribution in [2.45, 2.75) is 12.5 Å². The van der Waals surface area contributed by atoms with Crippen LogP contribution in [0.4, 0.5) is 0 Å². The molecule has 1 atom stereocenters. The fourth-order valence-corrected chi connectivity index (χ4v) is 1.73. The Morgan fingerprint density at radius 3 is 2.75 bits per heavy atom. The van der Waals surface area contributed by atoms with Crippen molar-refractivity contribution in [2.75, 3.05) is 13.6 Å². The fraction of sp³-hybridized carbons (Fsp3) is 0.364. The van der Waals surface area contributed by atoms with Gasteiger partial charge in [0, 0.05) is 38.0 Å². The van der Waals surface area contributed by atoms with E-state index < -0.39 is 0 Å². The third-order valence-corrected chi connectivity index (χ3v) is 2.62. The number of carbonyl (C=O) groups is 2. The lowest BCUT2D eigenvalue weighted by Gasteiger charge is -2.12. The van der Waals surface area contributed by atoms with Crippen molar-refractivity contribution in [3.05, 3.63) is 30.1 Å². The first kappa shape index (κ1) is 10.6. The molecule has 5 nitrogen and oxygen atoms in total. The summed E-state index contributed by atoms with van der Waals surface area (Å²) in [5.41, 5.74) is 0.567. The summed E-state index contributed by atoms with van der Waals surface area (Å²) in [5.74, 6) is -0.0875. The summed E-state index contributed by atoms with van der Waals surface area (Å²) in [6, 6.07) is 3.21. The molecule has 1 aliphatic heterocycles. The monoisotopic (exact) mass is 219 g/mol. The SMILES string of the molecule is CN1CC(NC(=O)c2ccncc2)CC1=O. The molecule has 84 valence electrons. The van der Waals surface area contributed by atoms with E-state index in [2.05, 4.69) is 10.3 Å². The summed E-state index contributed by atoms with van der Waals surface area (Å²) in [5, 5.41) is 2.83. The Morgan fingerprint density at radius 2 is 2.19 bits per heavy atom. The van der Waals surface area contributed by atoms with Gasteiger partial charge in [0.2, 0.25) is 5.91 Å². The van der Waals surface area contributed by atoms with Gasteiger partial charge in [0.25, 0.3) is 5.91 Å². The van der Waals surface area contributed by atoms with Gasteiger partial charge in [0.05, 0.1) is 6.04 Å². The van der Waals surface area contributed by atoms with Gasteiger partial charge in [-0.25, -0.2) is 0 Å². The Kier molecular flexibility index (Phi) is 2.85. The summed E-state index contributed by atoms with van der Waals surface area (Å²) in [7, 11) is 1.74. The van der Waals surface area contributed by atoms with E-state index >= 15 is 0 Å². The average Bonchev–Trinajstić information content (AvgIpc) is 2.59. The van der Waals surface area contributed by atoms with Crippen LogP contribution in [0.2, 0.25) is 0 Å². The van der Waals surface area contributed by atoms with E-state index in [9.17, 15) is 9.59 Å². The highest BCUT2D eigenvalue weighted by Gasteiger charge is 2.27. The van der Waals surface area contributed by atoms with Crippen molar-refractivity contribution in [1.29, 1.82) is 0 Å². The van der Waals surface area contributed by atoms with Crippen molar-refractivity contribution < 1.29 is 9.59 Å². The predicted octanol–water partition coefficient (Wildman–Crippen LogP) is 0.0421. The van der Waals surface area contributed by atoms with E-state index in [1.54, 1.807) is 36.5 Å². The first-order valence-electron chi connectivity index (χ1n) is 5.11. The number of hydrogen-bond donors (Lipinski definition) is 1. The number of rotatable bonds is 2. The van der Waals surface area contributed by atoms with Gasteiger partial charge >= 0.3 is 0 Å². The highest BCUT2D eigenvalue weighted by atomic mass is 16.2. The highest BCUT2D eigenvalue weighted by molar-refractivity contribution is 5.94. The molecule has 2 rings (SSSR count). The smallest absolute Gasteiger partial charge is 0.251 e. The van der Waals surface area contributed by atoms with Gasteiger partial charge < -0.3 is 10.2 Å². The second-order valence-corrected chi connectivity index (χ2v) is 3.88. The Labute approximate surface area is 93.5 Å². The van der Waals surface area contributed by atoms with E-state index in [1.807, 2.05) is 0 Å². The van der Waals surface area contributed by atoms with Crippen LogP contribution in [0.1, 0.15) is 16.8 Å². The molecule has 1 aromatic rings. The van der Waals surface area contributed by atoms with Gasteiger partial charge in [-0.1, -0.05) is 0 Å². The summed E-state index contributed by atoms with van der Waals surface area (Å²) < 4.78 is 0. The molecule has 0 aromatic carbocycles. The second kappa shape index (κ2) is 4.30. The molecule has 1 unspecified atom stereocenters. The zero-order valence-corrected chi connectivity index (χ0v) is 9.01. The molecule has 1 aliphatic rings. The minimum atomic E-state index is -0.157. The van der Waals surface area contributed by atoms with Crippen LogP contribution in [0.25, 0.3) is 0 Å². The molecule has 0 radical (unpaired) electrons. The van der Waals surface area contributed by atoms with Crippen molar-refractivity contribution in [2.24, 2.45) is 0 Å². The molecule has 1 N–H and O–H groups in total. The number of nitrogens with one attached hydrogen (secondary N) is 1. The lowest BCUT2D eigenvalue weighted by Crippen LogP contribution is -2.36. The summed E-state index contributed by atoms with van der Waals surface area (Å²) in [4.78, 5) is 28.5. The molecule has 0 bridgehead atoms. The molecule has 2 amide bonds. The highest BCUT2D eigenvalue weighted by Crippen LogP contribution is 2.09. The van der Waals surface area contributed by atoms with Crippen LogP contribution in [-0.2, 0) is 4.79 Å². The lowest BCUT2D eigenvalue weighted by molar-refractivity contribution is -0.126. The molecule has 0 saturated carbocycles.